The van der Waals surface area contributed by atoms with E-state index in [2.05, 4.69) is 20.6 Å². The predicted molar refractivity (Wildman–Crippen MR) is 88.8 cm³/mol. The summed E-state index contributed by atoms with van der Waals surface area (Å²) in [5, 5.41) is 36.6. The van der Waals surface area contributed by atoms with Crippen molar-refractivity contribution in [3.05, 3.63) is 6.20 Å². The van der Waals surface area contributed by atoms with Crippen LogP contribution in [0.1, 0.15) is 13.2 Å². The molecule has 2 aromatic rings. The van der Waals surface area contributed by atoms with Crippen LogP contribution in [0.25, 0.3) is 11.0 Å². The minimum Gasteiger partial charge on any atom is -0.467 e. The molecular weight excluding hydrogens is 346 g/mol. The summed E-state index contributed by atoms with van der Waals surface area (Å²) < 4.78 is 12.3. The molecule has 0 bridgehead atoms. The topological polar surface area (TPSA) is 151 Å². The third-order valence-electron chi connectivity index (χ3n) is 4.71. The molecule has 2 aliphatic heterocycles. The first kappa shape index (κ1) is 17.0. The summed E-state index contributed by atoms with van der Waals surface area (Å²) in [5.41, 5.74) is -0.919. The second-order valence-corrected chi connectivity index (χ2v) is 6.49. The Morgan fingerprint density at radius 1 is 1.50 bits per heavy atom. The second-order valence-electron chi connectivity index (χ2n) is 6.49. The lowest BCUT2D eigenvalue weighted by molar-refractivity contribution is -0.114. The van der Waals surface area contributed by atoms with Gasteiger partial charge in [-0.25, -0.2) is 0 Å². The van der Waals surface area contributed by atoms with Gasteiger partial charge < -0.3 is 40.0 Å². The van der Waals surface area contributed by atoms with E-state index in [-0.39, 0.29) is 18.5 Å². The maximum atomic E-state index is 11.9. The van der Waals surface area contributed by atoms with Crippen molar-refractivity contribution in [2.45, 2.75) is 31.0 Å². The zero-order chi connectivity index (χ0) is 18.6. The number of carbonyl (C=O) groups excluding carboxylic acids is 1. The van der Waals surface area contributed by atoms with Gasteiger partial charge in [-0.3, -0.25) is 4.79 Å². The maximum Gasteiger partial charge on any atom is 0.320 e. The first-order chi connectivity index (χ1) is 12.4. The fourth-order valence-corrected chi connectivity index (χ4v) is 3.37. The Morgan fingerprint density at radius 2 is 2.27 bits per heavy atom. The van der Waals surface area contributed by atoms with Crippen molar-refractivity contribution in [1.29, 1.82) is 0 Å². The van der Waals surface area contributed by atoms with Gasteiger partial charge in [0.05, 0.1) is 31.3 Å². The van der Waals surface area contributed by atoms with Gasteiger partial charge >= 0.3 is 6.01 Å². The molecule has 0 saturated carbocycles. The molecule has 0 radical (unpaired) electrons. The highest BCUT2D eigenvalue weighted by Crippen LogP contribution is 2.43. The number of ether oxygens (including phenoxy) is 2. The van der Waals surface area contributed by atoms with E-state index in [1.807, 2.05) is 0 Å². The molecule has 11 nitrogen and oxygen atoms in total. The molecule has 5 N–H and O–H groups in total. The summed E-state index contributed by atoms with van der Waals surface area (Å²) in [4.78, 5) is 20.5. The van der Waals surface area contributed by atoms with E-state index in [1.165, 1.54) is 18.6 Å². The number of amides is 1. The van der Waals surface area contributed by atoms with Crippen LogP contribution in [0.5, 0.6) is 6.01 Å². The Hall–Kier alpha value is -2.47. The average Bonchev–Trinajstić information content (AvgIpc) is 3.01. The normalized spacial score (nSPS) is 30.8. The lowest BCUT2D eigenvalue weighted by Gasteiger charge is -2.27. The summed E-state index contributed by atoms with van der Waals surface area (Å²) in [7, 11) is 1.41. The molecule has 11 heteroatoms. The molecule has 0 spiro atoms. The fourth-order valence-electron chi connectivity index (χ4n) is 3.37. The van der Waals surface area contributed by atoms with Crippen molar-refractivity contribution in [3.63, 3.8) is 0 Å². The smallest absolute Gasteiger partial charge is 0.320 e. The van der Waals surface area contributed by atoms with Crippen LogP contribution in [0.4, 0.5) is 11.5 Å². The minimum atomic E-state index is -1.70. The van der Waals surface area contributed by atoms with Crippen LogP contribution in [0.3, 0.4) is 0 Å². The third-order valence-corrected chi connectivity index (χ3v) is 4.71. The number of anilines is 2. The highest BCUT2D eigenvalue weighted by Gasteiger charge is 2.53. The van der Waals surface area contributed by atoms with Crippen LogP contribution in [-0.2, 0) is 9.53 Å². The molecule has 4 rings (SSSR count). The van der Waals surface area contributed by atoms with Crippen molar-refractivity contribution >= 4 is 28.4 Å². The van der Waals surface area contributed by atoms with Gasteiger partial charge in [0.1, 0.15) is 23.6 Å². The molecule has 140 valence electrons. The van der Waals surface area contributed by atoms with E-state index in [0.29, 0.717) is 22.5 Å². The van der Waals surface area contributed by atoms with Gasteiger partial charge in [0.15, 0.2) is 11.9 Å². The number of hydrogen-bond donors (Lipinski definition) is 5. The lowest BCUT2D eigenvalue weighted by atomic mass is 9.96. The number of rotatable bonds is 3. The molecule has 26 heavy (non-hydrogen) atoms. The van der Waals surface area contributed by atoms with Gasteiger partial charge in [-0.1, -0.05) is 0 Å². The van der Waals surface area contributed by atoms with Crippen LogP contribution in [0, 0.1) is 0 Å². The molecule has 4 heterocycles. The van der Waals surface area contributed by atoms with Gasteiger partial charge in [-0.15, -0.1) is 0 Å². The van der Waals surface area contributed by atoms with E-state index < -0.39 is 30.6 Å². The van der Waals surface area contributed by atoms with Crippen LogP contribution >= 0.6 is 0 Å². The molecular formula is C15H19N5O6. The third kappa shape index (κ3) is 2.32. The quantitative estimate of drug-likeness (QED) is 0.452. The molecule has 1 saturated heterocycles. The largest absolute Gasteiger partial charge is 0.467 e. The molecule has 1 unspecified atom stereocenters. The molecule has 2 aromatic heterocycles. The lowest BCUT2D eigenvalue weighted by Crippen LogP contribution is -2.44. The van der Waals surface area contributed by atoms with E-state index in [9.17, 15) is 20.1 Å². The SMILES string of the molecule is COc1nc2c3c(cn(C4O[C@H](CO)[C@@H](O)[C@@]4(C)O)c3n1)NC(=O)CN2. The van der Waals surface area contributed by atoms with E-state index in [0.717, 1.165) is 0 Å². The number of aliphatic hydroxyl groups is 3. The first-order valence-corrected chi connectivity index (χ1v) is 8.04. The van der Waals surface area contributed by atoms with Crippen LogP contribution in [-0.4, -0.2) is 73.8 Å². The second kappa shape index (κ2) is 5.77. The number of nitrogens with one attached hydrogen (secondary N) is 2. The highest BCUT2D eigenvalue weighted by atomic mass is 16.6. The number of aliphatic hydroxyl groups excluding tert-OH is 2. The summed E-state index contributed by atoms with van der Waals surface area (Å²) in [6.45, 7) is 0.986. The maximum absolute atomic E-state index is 11.9. The monoisotopic (exact) mass is 365 g/mol. The van der Waals surface area contributed by atoms with Gasteiger partial charge in [0.25, 0.3) is 0 Å². The minimum absolute atomic E-state index is 0.0346. The van der Waals surface area contributed by atoms with Gasteiger partial charge in [-0.2, -0.15) is 9.97 Å². The number of nitrogens with zero attached hydrogens (tertiary/aromatic N) is 3. The Morgan fingerprint density at radius 3 is 2.92 bits per heavy atom. The number of aromatic nitrogens is 3. The van der Waals surface area contributed by atoms with Crippen molar-refractivity contribution in [3.8, 4) is 6.01 Å². The van der Waals surface area contributed by atoms with Crippen molar-refractivity contribution in [1.82, 2.24) is 14.5 Å². The predicted octanol–water partition coefficient (Wildman–Crippen LogP) is -1.19. The average molecular weight is 365 g/mol. The summed E-state index contributed by atoms with van der Waals surface area (Å²) in [5.74, 6) is 0.129. The fraction of sp³-hybridized carbons (Fsp3) is 0.533. The summed E-state index contributed by atoms with van der Waals surface area (Å²) >= 11 is 0. The van der Waals surface area contributed by atoms with E-state index >= 15 is 0 Å². The molecule has 2 aliphatic rings. The number of carbonyl (C=O) groups is 1. The van der Waals surface area contributed by atoms with E-state index in [4.69, 9.17) is 9.47 Å². The van der Waals surface area contributed by atoms with Crippen LogP contribution in [0.2, 0.25) is 0 Å². The van der Waals surface area contributed by atoms with Crippen molar-refractivity contribution in [2.24, 2.45) is 0 Å². The first-order valence-electron chi connectivity index (χ1n) is 8.04. The van der Waals surface area contributed by atoms with Gasteiger partial charge in [-0.05, 0) is 6.92 Å². The molecule has 1 fully saturated rings. The van der Waals surface area contributed by atoms with E-state index in [1.54, 1.807) is 6.20 Å². The number of methoxy groups -OCH3 is 1. The Labute approximate surface area is 147 Å². The van der Waals surface area contributed by atoms with Crippen LogP contribution < -0.4 is 15.4 Å². The number of hydrogen-bond acceptors (Lipinski definition) is 9. The van der Waals surface area contributed by atoms with Gasteiger partial charge in [0.2, 0.25) is 5.91 Å². The Balaban J connectivity index is 1.93. The Kier molecular flexibility index (Phi) is 3.77. The summed E-state index contributed by atoms with van der Waals surface area (Å²) in [6, 6.07) is 0.0668. The molecule has 0 aliphatic carbocycles. The van der Waals surface area contributed by atoms with Gasteiger partial charge in [0, 0.05) is 6.20 Å². The molecule has 1 amide bonds. The zero-order valence-corrected chi connectivity index (χ0v) is 14.1. The molecule has 0 aromatic carbocycles. The standard InChI is InChI=1S/C15H19N5O6/c1-15(24)10(23)7(5-21)26-13(15)20-4-6-9-11(16-3-8(22)17-6)18-14(25-2)19-12(9)20/h4,7,10,13,21,23-24H,3,5H2,1-2H3,(H,17,22)(H,16,18,19)/t7-,10-,13?,15-/m1/s1. The zero-order valence-electron chi connectivity index (χ0n) is 14.1. The van der Waals surface area contributed by atoms with Crippen molar-refractivity contribution in [2.75, 3.05) is 30.9 Å². The summed E-state index contributed by atoms with van der Waals surface area (Å²) in [6.07, 6.45) is -1.75. The highest BCUT2D eigenvalue weighted by molar-refractivity contribution is 6.09. The Bertz CT molecular complexity index is 881. The molecule has 4 atom stereocenters. The van der Waals surface area contributed by atoms with Crippen LogP contribution in [0.15, 0.2) is 6.20 Å². The van der Waals surface area contributed by atoms with Crippen molar-refractivity contribution < 1.29 is 29.6 Å².